The van der Waals surface area contributed by atoms with Gasteiger partial charge in [-0.2, -0.15) is 13.2 Å². The zero-order valence-electron chi connectivity index (χ0n) is 13.1. The number of fused-ring (bicyclic) bond motifs is 1. The zero-order chi connectivity index (χ0) is 18.2. The molecule has 0 aliphatic carbocycles. The van der Waals surface area contributed by atoms with Gasteiger partial charge in [0.2, 0.25) is 0 Å². The van der Waals surface area contributed by atoms with Crippen LogP contribution < -0.4 is 0 Å². The second kappa shape index (κ2) is 6.55. The summed E-state index contributed by atoms with van der Waals surface area (Å²) >= 11 is 3.44. The molecule has 0 aliphatic heterocycles. The molecule has 0 radical (unpaired) electrons. The van der Waals surface area contributed by atoms with E-state index in [1.807, 2.05) is 10.6 Å². The van der Waals surface area contributed by atoms with Crippen molar-refractivity contribution in [1.82, 2.24) is 4.57 Å². The number of hydrogen-bond acceptors (Lipinski definition) is 2. The average Bonchev–Trinajstić information content (AvgIpc) is 2.99. The first kappa shape index (κ1) is 17.5. The molecule has 0 atom stereocenters. The molecule has 1 aromatic heterocycles. The van der Waals surface area contributed by atoms with Crippen LogP contribution in [-0.4, -0.2) is 17.6 Å². The van der Waals surface area contributed by atoms with Crippen molar-refractivity contribution in [1.29, 1.82) is 0 Å². The maximum atomic E-state index is 12.7. The molecule has 25 heavy (non-hydrogen) atoms. The van der Waals surface area contributed by atoms with Gasteiger partial charge in [-0.1, -0.05) is 28.1 Å². The van der Waals surface area contributed by atoms with E-state index in [4.69, 9.17) is 4.74 Å². The Labute approximate surface area is 150 Å². The van der Waals surface area contributed by atoms with Crippen molar-refractivity contribution in [2.75, 3.05) is 7.11 Å². The van der Waals surface area contributed by atoms with E-state index in [-0.39, 0.29) is 0 Å². The highest BCUT2D eigenvalue weighted by atomic mass is 79.9. The van der Waals surface area contributed by atoms with Gasteiger partial charge in [-0.3, -0.25) is 0 Å². The molecule has 0 amide bonds. The van der Waals surface area contributed by atoms with E-state index in [2.05, 4.69) is 15.9 Å². The molecular formula is C18H13BrF3NO2. The summed E-state index contributed by atoms with van der Waals surface area (Å²) in [6.07, 6.45) is -2.57. The summed E-state index contributed by atoms with van der Waals surface area (Å²) in [5.74, 6) is -0.468. The predicted octanol–water partition coefficient (Wildman–Crippen LogP) is 5.26. The maximum Gasteiger partial charge on any atom is 0.416 e. The van der Waals surface area contributed by atoms with E-state index in [0.29, 0.717) is 23.2 Å². The number of nitrogens with zero attached hydrogens (tertiary/aromatic N) is 1. The second-order valence-corrected chi connectivity index (χ2v) is 6.34. The Bertz CT molecular complexity index is 930. The molecule has 130 valence electrons. The maximum absolute atomic E-state index is 12.7. The molecular weight excluding hydrogens is 399 g/mol. The third-order valence-corrected chi connectivity index (χ3v) is 4.60. The fourth-order valence-electron chi connectivity index (χ4n) is 2.69. The number of carbonyl (C=O) groups excluding carboxylic acids is 1. The molecule has 0 N–H and O–H groups in total. The number of halogens is 4. The second-order valence-electron chi connectivity index (χ2n) is 5.49. The summed E-state index contributed by atoms with van der Waals surface area (Å²) in [6.45, 7) is 0.335. The van der Waals surface area contributed by atoms with Gasteiger partial charge in [0.1, 0.15) is 0 Å². The Hall–Kier alpha value is -2.28. The molecule has 7 heteroatoms. The van der Waals surface area contributed by atoms with Gasteiger partial charge in [-0.05, 0) is 35.9 Å². The first-order chi connectivity index (χ1) is 11.8. The van der Waals surface area contributed by atoms with E-state index in [1.54, 1.807) is 18.3 Å². The molecule has 1 heterocycles. The number of rotatable bonds is 3. The van der Waals surface area contributed by atoms with Gasteiger partial charge >= 0.3 is 12.1 Å². The van der Waals surface area contributed by atoms with E-state index in [1.165, 1.54) is 19.2 Å². The molecule has 3 rings (SSSR count). The van der Waals surface area contributed by atoms with E-state index < -0.39 is 17.7 Å². The van der Waals surface area contributed by atoms with E-state index in [9.17, 15) is 18.0 Å². The molecule has 0 saturated heterocycles. The van der Waals surface area contributed by atoms with Crippen LogP contribution in [0.15, 0.2) is 53.1 Å². The summed E-state index contributed by atoms with van der Waals surface area (Å²) in [6, 6.07) is 10.2. The van der Waals surface area contributed by atoms with Crippen LogP contribution in [-0.2, 0) is 17.5 Å². The standard InChI is InChI=1S/C18H13BrF3NO2/c1-25-17(24)14-6-7-15(19)13-8-9-23(16(13)14)10-11-2-4-12(5-3-11)18(20,21)22/h2-9H,10H2,1H3. The van der Waals surface area contributed by atoms with Gasteiger partial charge in [-0.15, -0.1) is 0 Å². The van der Waals surface area contributed by atoms with E-state index in [0.717, 1.165) is 22.0 Å². The number of carbonyl (C=O) groups is 1. The Balaban J connectivity index is 2.02. The van der Waals surface area contributed by atoms with Crippen molar-refractivity contribution >= 4 is 32.8 Å². The van der Waals surface area contributed by atoms with Crippen LogP contribution in [0.1, 0.15) is 21.5 Å². The number of hydrogen-bond donors (Lipinski definition) is 0. The molecule has 3 nitrogen and oxygen atoms in total. The van der Waals surface area contributed by atoms with Gasteiger partial charge in [0.25, 0.3) is 0 Å². The number of aromatic nitrogens is 1. The summed E-state index contributed by atoms with van der Waals surface area (Å²) in [5.41, 5.74) is 1.08. The topological polar surface area (TPSA) is 31.2 Å². The number of alkyl halides is 3. The molecule has 0 saturated carbocycles. The van der Waals surface area contributed by atoms with Crippen LogP contribution in [0.2, 0.25) is 0 Å². The Morgan fingerprint density at radius 1 is 1.12 bits per heavy atom. The molecule has 0 spiro atoms. The first-order valence-electron chi connectivity index (χ1n) is 7.33. The number of ether oxygens (including phenoxy) is 1. The largest absolute Gasteiger partial charge is 0.465 e. The third-order valence-electron chi connectivity index (χ3n) is 3.91. The van der Waals surface area contributed by atoms with Gasteiger partial charge in [0.15, 0.2) is 0 Å². The van der Waals surface area contributed by atoms with Gasteiger partial charge in [-0.25, -0.2) is 4.79 Å². The number of benzene rings is 2. The molecule has 0 bridgehead atoms. The smallest absolute Gasteiger partial charge is 0.416 e. The van der Waals surface area contributed by atoms with Gasteiger partial charge < -0.3 is 9.30 Å². The summed E-state index contributed by atoms with van der Waals surface area (Å²) < 4.78 is 45.5. The fourth-order valence-corrected chi connectivity index (χ4v) is 3.14. The quantitative estimate of drug-likeness (QED) is 0.550. The van der Waals surface area contributed by atoms with Crippen LogP contribution in [0, 0.1) is 0 Å². The fraction of sp³-hybridized carbons (Fsp3) is 0.167. The molecule has 0 aliphatic rings. The Kier molecular flexibility index (Phi) is 4.60. The van der Waals surface area contributed by atoms with Crippen molar-refractivity contribution in [3.63, 3.8) is 0 Å². The highest BCUT2D eigenvalue weighted by Crippen LogP contribution is 2.31. The highest BCUT2D eigenvalue weighted by Gasteiger charge is 2.29. The predicted molar refractivity (Wildman–Crippen MR) is 91.5 cm³/mol. The van der Waals surface area contributed by atoms with Crippen molar-refractivity contribution in [3.8, 4) is 0 Å². The average molecular weight is 412 g/mol. The Morgan fingerprint density at radius 2 is 1.80 bits per heavy atom. The monoisotopic (exact) mass is 411 g/mol. The van der Waals surface area contributed by atoms with Gasteiger partial charge in [0.05, 0.1) is 23.8 Å². The molecule has 0 fully saturated rings. The first-order valence-corrected chi connectivity index (χ1v) is 8.12. The minimum atomic E-state index is -4.36. The van der Waals surface area contributed by atoms with E-state index >= 15 is 0 Å². The van der Waals surface area contributed by atoms with Crippen LogP contribution in [0.4, 0.5) is 13.2 Å². The lowest BCUT2D eigenvalue weighted by Gasteiger charge is -2.11. The van der Waals surface area contributed by atoms with Crippen molar-refractivity contribution in [2.45, 2.75) is 12.7 Å². The Morgan fingerprint density at radius 3 is 2.40 bits per heavy atom. The highest BCUT2D eigenvalue weighted by molar-refractivity contribution is 9.10. The third kappa shape index (κ3) is 3.42. The van der Waals surface area contributed by atoms with Crippen molar-refractivity contribution in [2.24, 2.45) is 0 Å². The minimum absolute atomic E-state index is 0.335. The van der Waals surface area contributed by atoms with Crippen molar-refractivity contribution in [3.05, 3.63) is 69.8 Å². The SMILES string of the molecule is COC(=O)c1ccc(Br)c2ccn(Cc3ccc(C(F)(F)F)cc3)c12. The molecule has 2 aromatic carbocycles. The number of esters is 1. The summed E-state index contributed by atoms with van der Waals surface area (Å²) in [4.78, 5) is 12.0. The number of methoxy groups -OCH3 is 1. The summed E-state index contributed by atoms with van der Waals surface area (Å²) in [5, 5.41) is 0.829. The van der Waals surface area contributed by atoms with Crippen LogP contribution >= 0.6 is 15.9 Å². The lowest BCUT2D eigenvalue weighted by molar-refractivity contribution is -0.137. The molecule has 0 unspecified atom stereocenters. The van der Waals surface area contributed by atoms with Crippen LogP contribution in [0.5, 0.6) is 0 Å². The van der Waals surface area contributed by atoms with Crippen molar-refractivity contribution < 1.29 is 22.7 Å². The summed E-state index contributed by atoms with van der Waals surface area (Å²) in [7, 11) is 1.30. The minimum Gasteiger partial charge on any atom is -0.465 e. The van der Waals surface area contributed by atoms with Crippen LogP contribution in [0.3, 0.4) is 0 Å². The zero-order valence-corrected chi connectivity index (χ0v) is 14.7. The normalized spacial score (nSPS) is 11.7. The lowest BCUT2D eigenvalue weighted by Crippen LogP contribution is -2.07. The molecule has 3 aromatic rings. The lowest BCUT2D eigenvalue weighted by atomic mass is 10.1. The van der Waals surface area contributed by atoms with Crippen LogP contribution in [0.25, 0.3) is 10.9 Å². The van der Waals surface area contributed by atoms with Gasteiger partial charge in [0, 0.05) is 22.6 Å².